The zero-order chi connectivity index (χ0) is 28.5. The normalized spacial score (nSPS) is 33.2. The molecule has 1 saturated heterocycles. The van der Waals surface area contributed by atoms with E-state index >= 15 is 0 Å². The van der Waals surface area contributed by atoms with E-state index in [1.54, 1.807) is 24.0 Å². The number of allylic oxidation sites excluding steroid dienone is 2. The van der Waals surface area contributed by atoms with Gasteiger partial charge in [0.15, 0.2) is 0 Å². The van der Waals surface area contributed by atoms with Crippen molar-refractivity contribution in [1.29, 1.82) is 0 Å². The average molecular weight is 536 g/mol. The molecular formula is C29H45NO8. The van der Waals surface area contributed by atoms with Crippen molar-refractivity contribution in [2.45, 2.75) is 104 Å². The van der Waals surface area contributed by atoms with Gasteiger partial charge in [-0.2, -0.15) is 0 Å². The molecule has 0 aromatic rings. The van der Waals surface area contributed by atoms with Gasteiger partial charge in [-0.05, 0) is 58.1 Å². The molecule has 7 atom stereocenters. The summed E-state index contributed by atoms with van der Waals surface area (Å²) in [6, 6.07) is 0.208. The lowest BCUT2D eigenvalue weighted by atomic mass is 9.88. The molecule has 0 aliphatic carbocycles. The van der Waals surface area contributed by atoms with Gasteiger partial charge in [-0.3, -0.25) is 9.59 Å². The lowest BCUT2D eigenvalue weighted by molar-refractivity contribution is -0.157. The van der Waals surface area contributed by atoms with E-state index in [9.17, 15) is 24.6 Å². The highest BCUT2D eigenvalue weighted by Gasteiger charge is 2.35. The molecule has 2 N–H and O–H groups in total. The Kier molecular flexibility index (Phi) is 12.0. The number of carbonyl (C=O) groups is 3. The number of ether oxygens (including phenoxy) is 3. The fourth-order valence-corrected chi connectivity index (χ4v) is 4.67. The highest BCUT2D eigenvalue weighted by molar-refractivity contribution is 5.70. The van der Waals surface area contributed by atoms with E-state index < -0.39 is 35.9 Å². The Hall–Kier alpha value is -2.65. The molecule has 9 nitrogen and oxygen atoms in total. The number of nitrogens with zero attached hydrogens (tertiary/aromatic N) is 1. The minimum atomic E-state index is -1.42. The number of amides is 1. The van der Waals surface area contributed by atoms with Crippen molar-refractivity contribution in [1.82, 2.24) is 4.90 Å². The van der Waals surface area contributed by atoms with Gasteiger partial charge in [-0.25, -0.2) is 4.79 Å². The van der Waals surface area contributed by atoms with Gasteiger partial charge in [0, 0.05) is 31.3 Å². The monoisotopic (exact) mass is 535 g/mol. The smallest absolute Gasteiger partial charge is 0.410 e. The summed E-state index contributed by atoms with van der Waals surface area (Å²) in [6.45, 7) is 11.5. The highest BCUT2D eigenvalue weighted by atomic mass is 16.6. The van der Waals surface area contributed by atoms with Gasteiger partial charge < -0.3 is 29.3 Å². The molecule has 1 fully saturated rings. The zero-order valence-corrected chi connectivity index (χ0v) is 23.6. The number of carbonyl (C=O) groups excluding carboxylic acids is 3. The fraction of sp³-hybridized carbons (Fsp3) is 0.690. The predicted octanol–water partition coefficient (Wildman–Crippen LogP) is 4.08. The third-order valence-electron chi connectivity index (χ3n) is 7.12. The van der Waals surface area contributed by atoms with Gasteiger partial charge in [-0.1, -0.05) is 38.2 Å². The number of hydrogen-bond donors (Lipinski definition) is 2. The molecule has 0 saturated carbocycles. The van der Waals surface area contributed by atoms with E-state index in [4.69, 9.17) is 14.2 Å². The van der Waals surface area contributed by atoms with Crippen LogP contribution in [0.1, 0.15) is 73.6 Å². The summed E-state index contributed by atoms with van der Waals surface area (Å²) in [5.41, 5.74) is -0.647. The number of aliphatic hydroxyl groups is 2. The summed E-state index contributed by atoms with van der Waals surface area (Å²) in [4.78, 5) is 38.2. The van der Waals surface area contributed by atoms with Crippen LogP contribution in [0.2, 0.25) is 0 Å². The summed E-state index contributed by atoms with van der Waals surface area (Å²) in [5.74, 6) is -1.39. The second-order valence-electron chi connectivity index (χ2n) is 11.0. The van der Waals surface area contributed by atoms with Crippen LogP contribution in [-0.4, -0.2) is 76.3 Å². The number of likely N-dealkylation sites (tertiary alicyclic amines) is 1. The van der Waals surface area contributed by atoms with Crippen LogP contribution < -0.4 is 0 Å². The summed E-state index contributed by atoms with van der Waals surface area (Å²) in [6.07, 6.45) is 8.21. The largest absolute Gasteiger partial charge is 0.457 e. The van der Waals surface area contributed by atoms with E-state index in [0.29, 0.717) is 0 Å². The quantitative estimate of drug-likeness (QED) is 0.226. The van der Waals surface area contributed by atoms with Gasteiger partial charge in [0.25, 0.3) is 0 Å². The number of hydrogen-bond acceptors (Lipinski definition) is 8. The molecule has 1 amide bonds. The summed E-state index contributed by atoms with van der Waals surface area (Å²) < 4.78 is 16.6. The number of cyclic esters (lactones) is 1. The van der Waals surface area contributed by atoms with E-state index in [1.807, 2.05) is 45.9 Å². The van der Waals surface area contributed by atoms with Gasteiger partial charge in [0.1, 0.15) is 17.8 Å². The van der Waals surface area contributed by atoms with Crippen molar-refractivity contribution >= 4 is 18.0 Å². The fourth-order valence-electron chi connectivity index (χ4n) is 4.67. The molecule has 2 aliphatic rings. The molecule has 2 rings (SSSR count). The van der Waals surface area contributed by atoms with Crippen LogP contribution in [-0.2, 0) is 23.8 Å². The van der Waals surface area contributed by atoms with Crippen LogP contribution in [0.15, 0.2) is 36.0 Å². The molecule has 0 spiro atoms. The Labute approximate surface area is 226 Å². The van der Waals surface area contributed by atoms with Crippen LogP contribution in [0, 0.1) is 11.8 Å². The standard InChI is InChI=1S/C29H45NO8/c1-19(18-36-28(34)30-16-8-11-22(30)4)9-7-10-20(2)27-21(3)12-13-25(37-23(5)31)29(6,35)15-14-24(32)17-26(33)38-27/h7,9-10,12-13,19,21-22,24-25,27,32,35H,8,11,14-18H2,1-6H3/b9-7+,13-12+,20-10+/t19-,21+,22-,24-,25+,27-,29-/m1/s1. The molecule has 2 heterocycles. The Morgan fingerprint density at radius 2 is 1.97 bits per heavy atom. The second-order valence-corrected chi connectivity index (χ2v) is 11.0. The van der Waals surface area contributed by atoms with Crippen LogP contribution >= 0.6 is 0 Å². The minimum absolute atomic E-state index is 0.0149. The first-order valence-electron chi connectivity index (χ1n) is 13.5. The van der Waals surface area contributed by atoms with Gasteiger partial charge in [-0.15, -0.1) is 0 Å². The third kappa shape index (κ3) is 9.91. The van der Waals surface area contributed by atoms with Crippen LogP contribution in [0.3, 0.4) is 0 Å². The van der Waals surface area contributed by atoms with Crippen molar-refractivity contribution in [3.8, 4) is 0 Å². The molecule has 0 aromatic heterocycles. The molecule has 9 heteroatoms. The van der Waals surface area contributed by atoms with Crippen LogP contribution in [0.25, 0.3) is 0 Å². The molecule has 0 bridgehead atoms. The van der Waals surface area contributed by atoms with Crippen LogP contribution in [0.4, 0.5) is 4.79 Å². The maximum atomic E-state index is 12.6. The summed E-state index contributed by atoms with van der Waals surface area (Å²) in [5, 5.41) is 21.3. The van der Waals surface area contributed by atoms with E-state index in [2.05, 4.69) is 0 Å². The minimum Gasteiger partial charge on any atom is -0.457 e. The second kappa shape index (κ2) is 14.5. The Morgan fingerprint density at radius 3 is 2.61 bits per heavy atom. The summed E-state index contributed by atoms with van der Waals surface area (Å²) in [7, 11) is 0. The first-order valence-corrected chi connectivity index (χ1v) is 13.5. The number of rotatable bonds is 6. The first-order chi connectivity index (χ1) is 17.8. The molecule has 0 unspecified atom stereocenters. The van der Waals surface area contributed by atoms with Gasteiger partial charge in [0.2, 0.25) is 0 Å². The average Bonchev–Trinajstić information content (AvgIpc) is 3.27. The Bertz CT molecular complexity index is 908. The van der Waals surface area contributed by atoms with Crippen molar-refractivity contribution < 1.29 is 38.8 Å². The van der Waals surface area contributed by atoms with Crippen molar-refractivity contribution in [2.75, 3.05) is 13.2 Å². The Morgan fingerprint density at radius 1 is 1.26 bits per heavy atom. The zero-order valence-electron chi connectivity index (χ0n) is 23.6. The predicted molar refractivity (Wildman–Crippen MR) is 143 cm³/mol. The molecule has 0 aromatic carbocycles. The van der Waals surface area contributed by atoms with Crippen molar-refractivity contribution in [3.05, 3.63) is 36.0 Å². The third-order valence-corrected chi connectivity index (χ3v) is 7.12. The lowest BCUT2D eigenvalue weighted by Crippen LogP contribution is -2.42. The molecule has 214 valence electrons. The highest BCUT2D eigenvalue weighted by Crippen LogP contribution is 2.27. The van der Waals surface area contributed by atoms with E-state index in [1.165, 1.54) is 6.92 Å². The number of aliphatic hydroxyl groups excluding tert-OH is 1. The maximum absolute atomic E-state index is 12.6. The van der Waals surface area contributed by atoms with Crippen molar-refractivity contribution in [3.63, 3.8) is 0 Å². The maximum Gasteiger partial charge on any atom is 0.410 e. The molecular weight excluding hydrogens is 490 g/mol. The lowest BCUT2D eigenvalue weighted by Gasteiger charge is -2.32. The molecule has 38 heavy (non-hydrogen) atoms. The van der Waals surface area contributed by atoms with Gasteiger partial charge >= 0.3 is 18.0 Å². The topological polar surface area (TPSA) is 123 Å². The van der Waals surface area contributed by atoms with E-state index in [0.717, 1.165) is 25.0 Å². The SMILES string of the molecule is CC(=O)O[C@H]1/C=C/[C@H](C)[C@@H](/C(C)=C/C=C/[C@@H](C)COC(=O)N2CCC[C@H]2C)OC(=O)C[C@H](O)CC[C@@]1(C)O. The molecule has 2 aliphatic heterocycles. The van der Waals surface area contributed by atoms with E-state index in [-0.39, 0.29) is 49.8 Å². The van der Waals surface area contributed by atoms with Gasteiger partial charge in [0.05, 0.1) is 19.1 Å². The Balaban J connectivity index is 2.12. The summed E-state index contributed by atoms with van der Waals surface area (Å²) >= 11 is 0. The van der Waals surface area contributed by atoms with Crippen LogP contribution in [0.5, 0.6) is 0 Å². The number of esters is 2. The molecule has 0 radical (unpaired) electrons. The van der Waals surface area contributed by atoms with Crippen molar-refractivity contribution in [2.24, 2.45) is 11.8 Å². The first kappa shape index (κ1) is 31.6.